The Bertz CT molecular complexity index is 728. The van der Waals surface area contributed by atoms with E-state index in [0.29, 0.717) is 17.1 Å². The van der Waals surface area contributed by atoms with E-state index in [-0.39, 0.29) is 5.78 Å². The molecule has 0 saturated heterocycles. The summed E-state index contributed by atoms with van der Waals surface area (Å²) < 4.78 is 10.4. The molecule has 0 aliphatic carbocycles. The van der Waals surface area contributed by atoms with E-state index >= 15 is 0 Å². The van der Waals surface area contributed by atoms with Crippen molar-refractivity contribution in [3.05, 3.63) is 77.4 Å². The van der Waals surface area contributed by atoms with Crippen LogP contribution in [0.3, 0.4) is 0 Å². The van der Waals surface area contributed by atoms with Crippen molar-refractivity contribution < 1.29 is 14.3 Å². The summed E-state index contributed by atoms with van der Waals surface area (Å²) in [5.41, 5.74) is 2.67. The fraction of sp³-hybridized carbons (Fsp3) is 0.150. The minimum atomic E-state index is -0.0771. The summed E-state index contributed by atoms with van der Waals surface area (Å²) in [5.74, 6) is 1.07. The second-order valence-electron chi connectivity index (χ2n) is 5.07. The quantitative estimate of drug-likeness (QED) is 0.446. The van der Waals surface area contributed by atoms with Crippen LogP contribution in [-0.2, 0) is 0 Å². The zero-order chi connectivity index (χ0) is 16.7. The molecule has 0 aromatic heterocycles. The molecule has 0 bridgehead atoms. The van der Waals surface area contributed by atoms with Gasteiger partial charge in [0.1, 0.15) is 0 Å². The van der Waals surface area contributed by atoms with Gasteiger partial charge in [-0.2, -0.15) is 0 Å². The lowest BCUT2D eigenvalue weighted by Gasteiger charge is -2.08. The molecule has 2 rings (SSSR count). The van der Waals surface area contributed by atoms with E-state index in [9.17, 15) is 4.79 Å². The maximum atomic E-state index is 12.3. The van der Waals surface area contributed by atoms with Gasteiger partial charge in [-0.1, -0.05) is 48.1 Å². The molecule has 0 spiro atoms. The van der Waals surface area contributed by atoms with Gasteiger partial charge in [-0.05, 0) is 36.8 Å². The summed E-state index contributed by atoms with van der Waals surface area (Å²) in [7, 11) is 3.12. The third-order valence-electron chi connectivity index (χ3n) is 3.36. The zero-order valence-corrected chi connectivity index (χ0v) is 13.6. The van der Waals surface area contributed by atoms with Crippen LogP contribution in [0.25, 0.3) is 6.08 Å². The number of ketones is 1. The minimum absolute atomic E-state index is 0.0771. The molecule has 0 atom stereocenters. The van der Waals surface area contributed by atoms with Gasteiger partial charge in [0.2, 0.25) is 0 Å². The Morgan fingerprint density at radius 1 is 0.913 bits per heavy atom. The molecule has 0 saturated carbocycles. The highest BCUT2D eigenvalue weighted by atomic mass is 16.5. The molecule has 0 fully saturated rings. The van der Waals surface area contributed by atoms with Crippen LogP contribution in [0.15, 0.2) is 66.3 Å². The van der Waals surface area contributed by atoms with Gasteiger partial charge in [0.25, 0.3) is 0 Å². The molecule has 0 aliphatic rings. The molecular weight excluding hydrogens is 288 g/mol. The number of benzene rings is 2. The van der Waals surface area contributed by atoms with E-state index in [4.69, 9.17) is 9.47 Å². The normalized spacial score (nSPS) is 11.5. The average Bonchev–Trinajstić information content (AvgIpc) is 2.59. The van der Waals surface area contributed by atoms with Gasteiger partial charge < -0.3 is 9.47 Å². The van der Waals surface area contributed by atoms with Crippen molar-refractivity contribution in [3.8, 4) is 11.5 Å². The van der Waals surface area contributed by atoms with Crippen LogP contribution >= 0.6 is 0 Å². The fourth-order valence-corrected chi connectivity index (χ4v) is 2.15. The molecule has 0 amide bonds. The number of carbonyl (C=O) groups is 1. The van der Waals surface area contributed by atoms with Crippen LogP contribution in [0.2, 0.25) is 0 Å². The third kappa shape index (κ3) is 4.58. The largest absolute Gasteiger partial charge is 0.493 e. The van der Waals surface area contributed by atoms with Gasteiger partial charge in [-0.25, -0.2) is 0 Å². The van der Waals surface area contributed by atoms with Crippen LogP contribution in [0.1, 0.15) is 22.8 Å². The van der Waals surface area contributed by atoms with Crippen molar-refractivity contribution >= 4 is 11.9 Å². The Kier molecular flexibility index (Phi) is 5.75. The van der Waals surface area contributed by atoms with E-state index in [0.717, 1.165) is 11.1 Å². The van der Waals surface area contributed by atoms with Crippen LogP contribution < -0.4 is 9.47 Å². The van der Waals surface area contributed by atoms with Gasteiger partial charge in [0, 0.05) is 5.56 Å². The van der Waals surface area contributed by atoms with Crippen molar-refractivity contribution in [2.45, 2.75) is 6.92 Å². The first-order valence-corrected chi connectivity index (χ1v) is 7.32. The van der Waals surface area contributed by atoms with Crippen LogP contribution in [0.5, 0.6) is 11.5 Å². The van der Waals surface area contributed by atoms with E-state index in [1.807, 2.05) is 49.4 Å². The monoisotopic (exact) mass is 308 g/mol. The molecule has 0 aliphatic heterocycles. The maximum Gasteiger partial charge on any atom is 0.185 e. The average molecular weight is 308 g/mol. The van der Waals surface area contributed by atoms with E-state index in [1.54, 1.807) is 38.5 Å². The van der Waals surface area contributed by atoms with Crippen LogP contribution in [-0.4, -0.2) is 20.0 Å². The fourth-order valence-electron chi connectivity index (χ4n) is 2.15. The number of ether oxygens (including phenoxy) is 2. The second-order valence-corrected chi connectivity index (χ2v) is 5.07. The minimum Gasteiger partial charge on any atom is -0.493 e. The number of hydrogen-bond acceptors (Lipinski definition) is 3. The van der Waals surface area contributed by atoms with E-state index < -0.39 is 0 Å². The molecule has 23 heavy (non-hydrogen) atoms. The summed E-state index contributed by atoms with van der Waals surface area (Å²) in [5, 5.41) is 0. The number of allylic oxidation sites excluding steroid dienone is 3. The predicted molar refractivity (Wildman–Crippen MR) is 93.1 cm³/mol. The topological polar surface area (TPSA) is 35.5 Å². The SMILES string of the molecule is COc1ccc(C(=O)/C=C/C(C)=C/c2ccccc2)cc1OC. The smallest absolute Gasteiger partial charge is 0.185 e. The predicted octanol–water partition coefficient (Wildman–Crippen LogP) is 4.55. The Hall–Kier alpha value is -2.81. The van der Waals surface area contributed by atoms with Crippen LogP contribution in [0.4, 0.5) is 0 Å². The summed E-state index contributed by atoms with van der Waals surface area (Å²) in [6.07, 6.45) is 5.40. The van der Waals surface area contributed by atoms with E-state index in [2.05, 4.69) is 0 Å². The third-order valence-corrected chi connectivity index (χ3v) is 3.36. The summed E-state index contributed by atoms with van der Waals surface area (Å²) in [6.45, 7) is 1.96. The summed E-state index contributed by atoms with van der Waals surface area (Å²) >= 11 is 0. The first-order chi connectivity index (χ1) is 11.1. The summed E-state index contributed by atoms with van der Waals surface area (Å²) in [4.78, 5) is 12.3. The number of methoxy groups -OCH3 is 2. The van der Waals surface area contributed by atoms with Crippen molar-refractivity contribution in [1.29, 1.82) is 0 Å². The van der Waals surface area contributed by atoms with Crippen molar-refractivity contribution in [2.24, 2.45) is 0 Å². The first kappa shape index (κ1) is 16.6. The lowest BCUT2D eigenvalue weighted by atomic mass is 10.1. The van der Waals surface area contributed by atoms with Gasteiger partial charge in [0.15, 0.2) is 17.3 Å². The highest BCUT2D eigenvalue weighted by molar-refractivity contribution is 6.05. The molecule has 0 heterocycles. The molecule has 3 heteroatoms. The standard InChI is InChI=1S/C20H20O3/c1-15(13-16-7-5-4-6-8-16)9-11-18(21)17-10-12-19(22-2)20(14-17)23-3/h4-14H,1-3H3/b11-9+,15-13+. The Balaban J connectivity index is 2.13. The molecule has 0 N–H and O–H groups in total. The van der Waals surface area contributed by atoms with Crippen LogP contribution in [0, 0.1) is 0 Å². The molecule has 0 unspecified atom stereocenters. The molecule has 2 aromatic carbocycles. The van der Waals surface area contributed by atoms with Crippen molar-refractivity contribution in [1.82, 2.24) is 0 Å². The number of carbonyl (C=O) groups excluding carboxylic acids is 1. The molecule has 118 valence electrons. The highest BCUT2D eigenvalue weighted by Gasteiger charge is 2.08. The second kappa shape index (κ2) is 7.99. The Morgan fingerprint density at radius 3 is 2.26 bits per heavy atom. The van der Waals surface area contributed by atoms with Gasteiger partial charge in [-0.15, -0.1) is 0 Å². The molecule has 0 radical (unpaired) electrons. The van der Waals surface area contributed by atoms with Gasteiger partial charge >= 0.3 is 0 Å². The van der Waals surface area contributed by atoms with Gasteiger partial charge in [-0.3, -0.25) is 4.79 Å². The molecule has 2 aromatic rings. The molecule has 3 nitrogen and oxygen atoms in total. The maximum absolute atomic E-state index is 12.3. The number of hydrogen-bond donors (Lipinski definition) is 0. The lowest BCUT2D eigenvalue weighted by molar-refractivity contribution is 0.104. The lowest BCUT2D eigenvalue weighted by Crippen LogP contribution is -1.97. The highest BCUT2D eigenvalue weighted by Crippen LogP contribution is 2.27. The van der Waals surface area contributed by atoms with Crippen molar-refractivity contribution in [2.75, 3.05) is 14.2 Å². The summed E-state index contributed by atoms with van der Waals surface area (Å²) in [6, 6.07) is 15.1. The zero-order valence-electron chi connectivity index (χ0n) is 13.6. The van der Waals surface area contributed by atoms with E-state index in [1.165, 1.54) is 0 Å². The van der Waals surface area contributed by atoms with Crippen molar-refractivity contribution in [3.63, 3.8) is 0 Å². The Morgan fingerprint density at radius 2 is 1.61 bits per heavy atom. The van der Waals surface area contributed by atoms with Gasteiger partial charge in [0.05, 0.1) is 14.2 Å². The Labute approximate surface area is 136 Å². The first-order valence-electron chi connectivity index (χ1n) is 7.32. The number of rotatable bonds is 6. The molecular formula is C20H20O3.